The largest absolute Gasteiger partial charge is 0.493 e. The maximum atomic E-state index is 6.00. The zero-order chi connectivity index (χ0) is 22.8. The summed E-state index contributed by atoms with van der Waals surface area (Å²) in [5.74, 6) is 3.42. The lowest BCUT2D eigenvalue weighted by molar-refractivity contribution is 0.174. The van der Waals surface area contributed by atoms with Crippen molar-refractivity contribution in [1.82, 2.24) is 20.2 Å². The van der Waals surface area contributed by atoms with Crippen molar-refractivity contribution in [1.29, 1.82) is 0 Å². The topological polar surface area (TPSA) is 81.2 Å². The number of nitrogens with one attached hydrogen (secondary N) is 1. The molecule has 2 aliphatic heterocycles. The van der Waals surface area contributed by atoms with Crippen LogP contribution in [-0.4, -0.2) is 67.2 Å². The highest BCUT2D eigenvalue weighted by atomic mass is 32.1. The average Bonchev–Trinajstić information content (AvgIpc) is 3.34. The highest BCUT2D eigenvalue weighted by molar-refractivity contribution is 7.80. The molecule has 2 aliphatic rings. The van der Waals surface area contributed by atoms with Crippen LogP contribution in [0.3, 0.4) is 0 Å². The number of hydrogen-bond acceptors (Lipinski definition) is 8. The second-order valence-corrected chi connectivity index (χ2v) is 8.08. The summed E-state index contributed by atoms with van der Waals surface area (Å²) in [5.41, 5.74) is 1.78. The minimum atomic E-state index is 0.236. The maximum Gasteiger partial charge on any atom is 0.231 e. The molecular formula is C23H25N5O4S. The van der Waals surface area contributed by atoms with E-state index in [0.717, 1.165) is 54.1 Å². The minimum absolute atomic E-state index is 0.236. The van der Waals surface area contributed by atoms with Gasteiger partial charge in [0.2, 0.25) is 6.79 Å². The van der Waals surface area contributed by atoms with E-state index < -0.39 is 0 Å². The van der Waals surface area contributed by atoms with Gasteiger partial charge in [-0.3, -0.25) is 4.90 Å². The fourth-order valence-corrected chi connectivity index (χ4v) is 4.40. The number of piperazine rings is 1. The molecule has 1 fully saturated rings. The van der Waals surface area contributed by atoms with E-state index in [4.69, 9.17) is 31.2 Å². The number of benzene rings is 2. The molecule has 0 unspecified atom stereocenters. The van der Waals surface area contributed by atoms with E-state index in [1.807, 2.05) is 35.2 Å². The Morgan fingerprint density at radius 3 is 2.61 bits per heavy atom. The molecule has 0 amide bonds. The molecule has 3 aromatic rings. The van der Waals surface area contributed by atoms with Gasteiger partial charge in [-0.1, -0.05) is 6.07 Å². The van der Waals surface area contributed by atoms with Gasteiger partial charge in [0, 0.05) is 37.6 Å². The first-order valence-corrected chi connectivity index (χ1v) is 11.1. The van der Waals surface area contributed by atoms with Crippen molar-refractivity contribution in [3.63, 3.8) is 0 Å². The molecule has 0 bridgehead atoms. The Balaban J connectivity index is 1.59. The van der Waals surface area contributed by atoms with Gasteiger partial charge in [-0.05, 0) is 36.0 Å². The van der Waals surface area contributed by atoms with Crippen LogP contribution in [0.4, 0.5) is 5.82 Å². The molecule has 1 saturated heterocycles. The zero-order valence-electron chi connectivity index (χ0n) is 18.5. The number of anilines is 1. The molecule has 2 aromatic carbocycles. The van der Waals surface area contributed by atoms with Crippen LogP contribution in [0.15, 0.2) is 36.7 Å². The molecule has 0 atom stereocenters. The summed E-state index contributed by atoms with van der Waals surface area (Å²) in [7, 11) is 3.22. The van der Waals surface area contributed by atoms with Crippen molar-refractivity contribution in [2.45, 2.75) is 6.54 Å². The smallest absolute Gasteiger partial charge is 0.231 e. The fraction of sp³-hybridized carbons (Fsp3) is 0.348. The second-order valence-electron chi connectivity index (χ2n) is 7.71. The summed E-state index contributed by atoms with van der Waals surface area (Å²) in [5, 5.41) is 4.92. The zero-order valence-corrected chi connectivity index (χ0v) is 19.4. The molecule has 0 aliphatic carbocycles. The van der Waals surface area contributed by atoms with Gasteiger partial charge in [-0.15, -0.1) is 0 Å². The van der Waals surface area contributed by atoms with E-state index >= 15 is 0 Å². The molecule has 1 aromatic heterocycles. The predicted molar refractivity (Wildman–Crippen MR) is 128 cm³/mol. The van der Waals surface area contributed by atoms with Crippen molar-refractivity contribution in [3.05, 3.63) is 42.2 Å². The normalized spacial score (nSPS) is 14.9. The molecule has 33 heavy (non-hydrogen) atoms. The summed E-state index contributed by atoms with van der Waals surface area (Å²) in [6.07, 6.45) is 1.55. The van der Waals surface area contributed by atoms with Gasteiger partial charge in [0.05, 0.1) is 26.3 Å². The quantitative estimate of drug-likeness (QED) is 0.566. The number of hydrogen-bond donors (Lipinski definition) is 1. The maximum absolute atomic E-state index is 6.00. The van der Waals surface area contributed by atoms with Crippen LogP contribution in [0.25, 0.3) is 10.9 Å². The molecule has 0 spiro atoms. The Kier molecular flexibility index (Phi) is 6.01. The third-order valence-electron chi connectivity index (χ3n) is 5.77. The molecule has 0 radical (unpaired) electrons. The Morgan fingerprint density at radius 1 is 1.06 bits per heavy atom. The Labute approximate surface area is 197 Å². The fourth-order valence-electron chi connectivity index (χ4n) is 4.07. The molecule has 10 heteroatoms. The second kappa shape index (κ2) is 9.24. The number of thiocarbonyl (C=S) groups is 1. The lowest BCUT2D eigenvalue weighted by Gasteiger charge is -2.36. The van der Waals surface area contributed by atoms with Crippen LogP contribution in [0.5, 0.6) is 23.0 Å². The summed E-state index contributed by atoms with van der Waals surface area (Å²) < 4.78 is 22.1. The lowest BCUT2D eigenvalue weighted by atomic mass is 10.1. The van der Waals surface area contributed by atoms with Gasteiger partial charge < -0.3 is 29.2 Å². The van der Waals surface area contributed by atoms with Crippen molar-refractivity contribution in [3.8, 4) is 23.0 Å². The highest BCUT2D eigenvalue weighted by Gasteiger charge is 2.25. The van der Waals surface area contributed by atoms with Gasteiger partial charge >= 0.3 is 0 Å². The molecule has 5 rings (SSSR count). The molecule has 1 N–H and O–H groups in total. The Morgan fingerprint density at radius 2 is 1.82 bits per heavy atom. The molecular weight excluding hydrogens is 442 g/mol. The monoisotopic (exact) mass is 467 g/mol. The van der Waals surface area contributed by atoms with Gasteiger partial charge in [0.25, 0.3) is 0 Å². The standard InChI is InChI=1S/C23H25N5O4S/c1-29-19-10-16-17(11-20(19)30-2)25-13-26-22(16)28(23(33)27-7-5-24-6-8-27)12-15-3-4-18-21(9-15)32-14-31-18/h3-4,9-11,13,24H,5-8,12,14H2,1-2H3. The predicted octanol–water partition coefficient (Wildman–Crippen LogP) is 2.57. The number of ether oxygens (including phenoxy) is 4. The van der Waals surface area contributed by atoms with Crippen LogP contribution in [0.1, 0.15) is 5.56 Å². The number of methoxy groups -OCH3 is 2. The highest BCUT2D eigenvalue weighted by Crippen LogP contribution is 2.37. The first-order chi connectivity index (χ1) is 16.2. The van der Waals surface area contributed by atoms with Gasteiger partial charge in [-0.2, -0.15) is 0 Å². The number of nitrogens with zero attached hydrogens (tertiary/aromatic N) is 4. The first kappa shape index (κ1) is 21.5. The van der Waals surface area contributed by atoms with E-state index in [1.54, 1.807) is 20.5 Å². The van der Waals surface area contributed by atoms with Crippen LogP contribution < -0.4 is 29.2 Å². The van der Waals surface area contributed by atoms with Crippen molar-refractivity contribution >= 4 is 34.1 Å². The van der Waals surface area contributed by atoms with Crippen LogP contribution in [0, 0.1) is 0 Å². The SMILES string of the molecule is COc1cc2ncnc(N(Cc3ccc4c(c3)OCO4)C(=S)N3CCNCC3)c2cc1OC. The molecule has 9 nitrogen and oxygen atoms in total. The van der Waals surface area contributed by atoms with Crippen LogP contribution >= 0.6 is 12.2 Å². The van der Waals surface area contributed by atoms with E-state index in [-0.39, 0.29) is 6.79 Å². The third kappa shape index (κ3) is 4.19. The van der Waals surface area contributed by atoms with Gasteiger partial charge in [0.15, 0.2) is 28.1 Å². The molecule has 0 saturated carbocycles. The van der Waals surface area contributed by atoms with Crippen molar-refractivity contribution < 1.29 is 18.9 Å². The van der Waals surface area contributed by atoms with Crippen molar-refractivity contribution in [2.75, 3.05) is 52.1 Å². The summed E-state index contributed by atoms with van der Waals surface area (Å²) >= 11 is 6.00. The Bertz CT molecular complexity index is 1180. The number of aromatic nitrogens is 2. The van der Waals surface area contributed by atoms with E-state index in [0.29, 0.717) is 29.0 Å². The summed E-state index contributed by atoms with van der Waals surface area (Å²) in [6, 6.07) is 9.69. The molecule has 3 heterocycles. The molecule has 172 valence electrons. The van der Waals surface area contributed by atoms with Gasteiger partial charge in [0.1, 0.15) is 12.1 Å². The third-order valence-corrected chi connectivity index (χ3v) is 6.25. The number of fused-ring (bicyclic) bond motifs is 2. The average molecular weight is 468 g/mol. The lowest BCUT2D eigenvalue weighted by Crippen LogP contribution is -2.51. The van der Waals surface area contributed by atoms with E-state index in [1.165, 1.54) is 0 Å². The summed E-state index contributed by atoms with van der Waals surface area (Å²) in [6.45, 7) is 4.17. The van der Waals surface area contributed by atoms with Crippen LogP contribution in [0.2, 0.25) is 0 Å². The Hall–Kier alpha value is -3.37. The minimum Gasteiger partial charge on any atom is -0.493 e. The van der Waals surface area contributed by atoms with Crippen molar-refractivity contribution in [2.24, 2.45) is 0 Å². The van der Waals surface area contributed by atoms with Crippen LogP contribution in [-0.2, 0) is 6.54 Å². The first-order valence-electron chi connectivity index (χ1n) is 10.7. The summed E-state index contributed by atoms with van der Waals surface area (Å²) in [4.78, 5) is 13.4. The van der Waals surface area contributed by atoms with E-state index in [2.05, 4.69) is 20.2 Å². The number of rotatable bonds is 5. The van der Waals surface area contributed by atoms with Gasteiger partial charge in [-0.25, -0.2) is 9.97 Å². The van der Waals surface area contributed by atoms with E-state index in [9.17, 15) is 0 Å².